The quantitative estimate of drug-likeness (QED) is 0.457. The largest absolute Gasteiger partial charge is 0.466 e. The number of carbonyl (C=O) groups excluding carboxylic acids is 3. The minimum Gasteiger partial charge on any atom is -0.466 e. The molecule has 2 rings (SSSR count). The summed E-state index contributed by atoms with van der Waals surface area (Å²) in [6.07, 6.45) is 0. The topological polar surface area (TPSA) is 159 Å². The minimum absolute atomic E-state index is 0.0430. The van der Waals surface area contributed by atoms with Crippen LogP contribution in [0.5, 0.6) is 0 Å². The lowest BCUT2D eigenvalue weighted by molar-refractivity contribution is -0.152. The summed E-state index contributed by atoms with van der Waals surface area (Å²) in [4.78, 5) is 51.3. The molecule has 1 aromatic rings. The van der Waals surface area contributed by atoms with Crippen LogP contribution in [0.1, 0.15) is 19.7 Å². The third kappa shape index (κ3) is 4.64. The van der Waals surface area contributed by atoms with Crippen molar-refractivity contribution in [1.82, 2.24) is 20.3 Å². The molecular formula is C18H24N6O6. The zero-order chi connectivity index (χ0) is 22.6. The van der Waals surface area contributed by atoms with E-state index in [1.807, 2.05) is 0 Å². The van der Waals surface area contributed by atoms with Gasteiger partial charge in [0, 0.05) is 25.5 Å². The Morgan fingerprint density at radius 2 is 1.53 bits per heavy atom. The van der Waals surface area contributed by atoms with Gasteiger partial charge in [-0.3, -0.25) is 4.79 Å². The van der Waals surface area contributed by atoms with Crippen LogP contribution < -0.4 is 16.0 Å². The average Bonchev–Trinajstić information content (AvgIpc) is 2.69. The Morgan fingerprint density at radius 1 is 1.00 bits per heavy atom. The Hall–Kier alpha value is -3.70. The first kappa shape index (κ1) is 22.6. The van der Waals surface area contributed by atoms with Crippen molar-refractivity contribution in [2.75, 3.05) is 38.9 Å². The Bertz CT molecular complexity index is 901. The first-order chi connectivity index (χ1) is 14.1. The van der Waals surface area contributed by atoms with E-state index < -0.39 is 23.8 Å². The monoisotopic (exact) mass is 420 g/mol. The highest BCUT2D eigenvalue weighted by Gasteiger charge is 2.42. The fourth-order valence-corrected chi connectivity index (χ4v) is 2.90. The summed E-state index contributed by atoms with van der Waals surface area (Å²) < 4.78 is 14.9. The van der Waals surface area contributed by atoms with Crippen LogP contribution in [-0.2, 0) is 35.2 Å². The second-order valence-electron chi connectivity index (χ2n) is 6.53. The summed E-state index contributed by atoms with van der Waals surface area (Å²) in [6, 6.07) is 0. The number of methoxy groups -OCH3 is 2. The molecule has 1 aliphatic heterocycles. The van der Waals surface area contributed by atoms with Gasteiger partial charge in [0.1, 0.15) is 5.92 Å². The lowest BCUT2D eigenvalue weighted by Crippen LogP contribution is -2.38. The zero-order valence-corrected chi connectivity index (χ0v) is 17.6. The summed E-state index contributed by atoms with van der Waals surface area (Å²) in [5.74, 6) is -3.44. The average molecular weight is 420 g/mol. The number of allylic oxidation sites excluding steroid dienone is 2. The summed E-state index contributed by atoms with van der Waals surface area (Å²) in [7, 11) is 5.77. The van der Waals surface area contributed by atoms with Gasteiger partial charge in [0.15, 0.2) is 12.4 Å². The van der Waals surface area contributed by atoms with Gasteiger partial charge in [-0.05, 0) is 13.8 Å². The van der Waals surface area contributed by atoms with Gasteiger partial charge in [-0.2, -0.15) is 15.0 Å². The van der Waals surface area contributed by atoms with Crippen molar-refractivity contribution in [2.45, 2.75) is 20.5 Å². The summed E-state index contributed by atoms with van der Waals surface area (Å²) in [5, 5.41) is 2.89. The predicted octanol–water partition coefficient (Wildman–Crippen LogP) is -0.324. The van der Waals surface area contributed by atoms with E-state index >= 15 is 0 Å². The van der Waals surface area contributed by atoms with Crippen molar-refractivity contribution in [3.05, 3.63) is 28.4 Å². The molecule has 162 valence electrons. The van der Waals surface area contributed by atoms with Gasteiger partial charge in [0.2, 0.25) is 11.9 Å². The third-order valence-electron chi connectivity index (χ3n) is 4.24. The van der Waals surface area contributed by atoms with Gasteiger partial charge in [-0.25, -0.2) is 9.59 Å². The maximum absolute atomic E-state index is 13.0. The molecule has 12 nitrogen and oxygen atoms in total. The Kier molecular flexibility index (Phi) is 6.93. The van der Waals surface area contributed by atoms with Crippen molar-refractivity contribution in [1.29, 1.82) is 0 Å². The molecule has 0 saturated carbocycles. The molecule has 12 heteroatoms. The van der Waals surface area contributed by atoms with Crippen molar-refractivity contribution in [3.8, 4) is 0 Å². The molecule has 0 saturated heterocycles. The third-order valence-corrected chi connectivity index (χ3v) is 4.24. The van der Waals surface area contributed by atoms with Crippen molar-refractivity contribution < 1.29 is 28.6 Å². The smallest absolute Gasteiger partial charge is 0.336 e. The Morgan fingerprint density at radius 3 is 2.00 bits per heavy atom. The molecule has 0 aliphatic carbocycles. The van der Waals surface area contributed by atoms with Crippen LogP contribution in [0.3, 0.4) is 0 Å². The molecule has 3 N–H and O–H groups in total. The van der Waals surface area contributed by atoms with E-state index in [1.54, 1.807) is 32.8 Å². The molecule has 0 unspecified atom stereocenters. The van der Waals surface area contributed by atoms with Gasteiger partial charge in [-0.15, -0.1) is 0 Å². The van der Waals surface area contributed by atoms with Gasteiger partial charge in [0.25, 0.3) is 0 Å². The van der Waals surface area contributed by atoms with E-state index in [0.29, 0.717) is 11.4 Å². The van der Waals surface area contributed by atoms with Crippen LogP contribution in [0.25, 0.3) is 0 Å². The number of nitrogens with one attached hydrogen (secondary N) is 1. The van der Waals surface area contributed by atoms with Crippen LogP contribution in [0.4, 0.5) is 11.9 Å². The zero-order valence-electron chi connectivity index (χ0n) is 17.6. The van der Waals surface area contributed by atoms with Crippen LogP contribution in [0.2, 0.25) is 0 Å². The molecule has 0 aromatic carbocycles. The number of anilines is 2. The number of carbonyl (C=O) groups is 3. The predicted molar refractivity (Wildman–Crippen MR) is 104 cm³/mol. The van der Waals surface area contributed by atoms with Crippen LogP contribution >= 0.6 is 0 Å². The Labute approximate surface area is 173 Å². The number of nitrogens with zero attached hydrogens (tertiary/aromatic N) is 4. The van der Waals surface area contributed by atoms with Crippen molar-refractivity contribution in [2.24, 2.45) is 5.92 Å². The van der Waals surface area contributed by atoms with Gasteiger partial charge in [0.05, 0.1) is 25.4 Å². The number of esters is 3. The second kappa shape index (κ2) is 9.20. The maximum atomic E-state index is 13.0. The number of nitrogens with two attached hydrogens (primary N) is 1. The van der Waals surface area contributed by atoms with E-state index in [4.69, 9.17) is 19.9 Å². The number of aromatic nitrogens is 3. The first-order valence-corrected chi connectivity index (χ1v) is 8.80. The van der Waals surface area contributed by atoms with E-state index in [1.165, 1.54) is 14.2 Å². The molecule has 0 spiro atoms. The van der Waals surface area contributed by atoms with Gasteiger partial charge >= 0.3 is 17.9 Å². The highest BCUT2D eigenvalue weighted by molar-refractivity contribution is 6.05. The molecule has 2 heterocycles. The minimum atomic E-state index is -1.35. The molecule has 1 aliphatic rings. The van der Waals surface area contributed by atoms with E-state index in [9.17, 15) is 14.4 Å². The number of hydrogen-bond donors (Lipinski definition) is 2. The molecule has 0 atom stereocenters. The van der Waals surface area contributed by atoms with E-state index in [2.05, 4.69) is 20.3 Å². The second-order valence-corrected chi connectivity index (χ2v) is 6.53. The molecule has 0 radical (unpaired) electrons. The number of nitrogen functional groups attached to an aromatic ring is 1. The summed E-state index contributed by atoms with van der Waals surface area (Å²) >= 11 is 0. The summed E-state index contributed by atoms with van der Waals surface area (Å²) in [6.45, 7) is 2.82. The first-order valence-electron chi connectivity index (χ1n) is 8.80. The van der Waals surface area contributed by atoms with Crippen molar-refractivity contribution >= 4 is 29.8 Å². The van der Waals surface area contributed by atoms with Crippen molar-refractivity contribution in [3.63, 3.8) is 0 Å². The van der Waals surface area contributed by atoms with Crippen LogP contribution in [0, 0.1) is 5.92 Å². The number of dihydropyridines is 1. The molecule has 0 bridgehead atoms. The fourth-order valence-electron chi connectivity index (χ4n) is 2.90. The SMILES string of the molecule is COC(=O)C1=C(C)NC(C)=C(C(=O)OC)C1C(=O)OCc1nc(N)nc(N(C)C)n1. The number of ether oxygens (including phenoxy) is 3. The van der Waals surface area contributed by atoms with Gasteiger partial charge in [-0.1, -0.05) is 0 Å². The number of rotatable bonds is 6. The van der Waals surface area contributed by atoms with Crippen LogP contribution in [0.15, 0.2) is 22.5 Å². The lowest BCUT2D eigenvalue weighted by atomic mass is 9.85. The Balaban J connectivity index is 2.38. The molecule has 0 fully saturated rings. The number of hydrogen-bond acceptors (Lipinski definition) is 12. The summed E-state index contributed by atoms with van der Waals surface area (Å²) in [5.41, 5.74) is 6.26. The maximum Gasteiger partial charge on any atom is 0.336 e. The van der Waals surface area contributed by atoms with Crippen LogP contribution in [-0.4, -0.2) is 61.2 Å². The lowest BCUT2D eigenvalue weighted by Gasteiger charge is -2.28. The van der Waals surface area contributed by atoms with E-state index in [0.717, 1.165) is 0 Å². The molecular weight excluding hydrogens is 396 g/mol. The molecule has 0 amide bonds. The van der Waals surface area contributed by atoms with Gasteiger partial charge < -0.3 is 30.2 Å². The standard InChI is InChI=1S/C18H24N6O6/c1-8-11(14(25)28-5)13(12(9(2)20-8)15(26)29-6)16(27)30-7-10-21-17(19)23-18(22-10)24(3)4/h13,20H,7H2,1-6H3,(H2,19,21,22,23). The molecule has 30 heavy (non-hydrogen) atoms. The highest BCUT2D eigenvalue weighted by Crippen LogP contribution is 2.32. The van der Waals surface area contributed by atoms with E-state index in [-0.39, 0.29) is 35.5 Å². The molecule has 1 aromatic heterocycles. The normalized spacial score (nSPS) is 14.2. The fraction of sp³-hybridized carbons (Fsp3) is 0.444. The highest BCUT2D eigenvalue weighted by atomic mass is 16.5.